The molecule has 1 atom stereocenters. The molecule has 5 nitrogen and oxygen atoms in total. The van der Waals surface area contributed by atoms with E-state index < -0.39 is 6.10 Å². The number of hydrogen-bond donors (Lipinski definition) is 1. The quantitative estimate of drug-likeness (QED) is 0.894. The van der Waals surface area contributed by atoms with Crippen LogP contribution in [0.15, 0.2) is 30.6 Å². The van der Waals surface area contributed by atoms with Crippen LogP contribution < -0.4 is 9.64 Å². The van der Waals surface area contributed by atoms with Gasteiger partial charge in [-0.15, -0.1) is 0 Å². The van der Waals surface area contributed by atoms with Crippen LogP contribution in [-0.2, 0) is 12.8 Å². The van der Waals surface area contributed by atoms with E-state index in [4.69, 9.17) is 4.74 Å². The number of piperidine rings is 1. The highest BCUT2D eigenvalue weighted by Gasteiger charge is 2.29. The molecular weight excluding hydrogens is 326 g/mol. The van der Waals surface area contributed by atoms with Gasteiger partial charge in [-0.05, 0) is 62.6 Å². The molecule has 0 radical (unpaired) electrons. The fourth-order valence-electron chi connectivity index (χ4n) is 4.24. The summed E-state index contributed by atoms with van der Waals surface area (Å²) in [4.78, 5) is 11.4. The number of aliphatic hydroxyl groups is 1. The highest BCUT2D eigenvalue weighted by Crippen LogP contribution is 2.35. The van der Waals surface area contributed by atoms with E-state index >= 15 is 0 Å². The largest absolute Gasteiger partial charge is 0.494 e. The summed E-state index contributed by atoms with van der Waals surface area (Å²) in [6.07, 6.45) is 6.62. The highest BCUT2D eigenvalue weighted by atomic mass is 16.5. The molecule has 4 rings (SSSR count). The van der Waals surface area contributed by atoms with Gasteiger partial charge < -0.3 is 14.7 Å². The van der Waals surface area contributed by atoms with Gasteiger partial charge in [-0.25, -0.2) is 9.97 Å². The van der Waals surface area contributed by atoms with Gasteiger partial charge in [-0.3, -0.25) is 0 Å². The SMILES string of the molecule is CCOc1ccc(C(O)C2CCN(c3ncnc4c3CCC4)CC2)cc1. The van der Waals surface area contributed by atoms with E-state index in [1.165, 1.54) is 17.7 Å². The predicted octanol–water partition coefficient (Wildman–Crippen LogP) is 3.31. The Kier molecular flexibility index (Phi) is 5.07. The van der Waals surface area contributed by atoms with Gasteiger partial charge >= 0.3 is 0 Å². The van der Waals surface area contributed by atoms with Crippen LogP contribution in [0.25, 0.3) is 0 Å². The number of aryl methyl sites for hydroxylation is 1. The average Bonchev–Trinajstić information content (AvgIpc) is 3.17. The Morgan fingerprint density at radius 3 is 2.65 bits per heavy atom. The summed E-state index contributed by atoms with van der Waals surface area (Å²) in [7, 11) is 0. The van der Waals surface area contributed by atoms with E-state index in [1.807, 2.05) is 31.2 Å². The van der Waals surface area contributed by atoms with E-state index in [1.54, 1.807) is 6.33 Å². The maximum atomic E-state index is 10.8. The minimum atomic E-state index is -0.413. The Hall–Kier alpha value is -2.14. The maximum absolute atomic E-state index is 10.8. The number of hydrogen-bond acceptors (Lipinski definition) is 5. The lowest BCUT2D eigenvalue weighted by molar-refractivity contribution is 0.0928. The second kappa shape index (κ2) is 7.62. The Morgan fingerprint density at radius 1 is 1.15 bits per heavy atom. The van der Waals surface area contributed by atoms with Crippen molar-refractivity contribution < 1.29 is 9.84 Å². The normalized spacial score (nSPS) is 18.6. The standard InChI is InChI=1S/C21H27N3O2/c1-2-26-17-8-6-15(7-9-17)20(25)16-10-12-24(13-11-16)21-18-4-3-5-19(18)22-14-23-21/h6-9,14,16,20,25H,2-5,10-13H2,1H3. The first-order chi connectivity index (χ1) is 12.8. The molecule has 0 amide bonds. The van der Waals surface area contributed by atoms with Crippen LogP contribution in [0.5, 0.6) is 5.75 Å². The van der Waals surface area contributed by atoms with Gasteiger partial charge in [0.2, 0.25) is 0 Å². The maximum Gasteiger partial charge on any atom is 0.135 e. The third-order valence-electron chi connectivity index (χ3n) is 5.67. The van der Waals surface area contributed by atoms with Crippen LogP contribution in [-0.4, -0.2) is 34.8 Å². The zero-order valence-electron chi connectivity index (χ0n) is 15.4. The Balaban J connectivity index is 1.39. The van der Waals surface area contributed by atoms with Crippen molar-refractivity contribution in [3.63, 3.8) is 0 Å². The first kappa shape index (κ1) is 17.3. The number of aliphatic hydroxyl groups excluding tert-OH is 1. The molecular formula is C21H27N3O2. The van der Waals surface area contributed by atoms with E-state index in [2.05, 4.69) is 14.9 Å². The number of benzene rings is 1. The Morgan fingerprint density at radius 2 is 1.92 bits per heavy atom. The molecule has 5 heteroatoms. The average molecular weight is 353 g/mol. The summed E-state index contributed by atoms with van der Waals surface area (Å²) in [6.45, 7) is 4.53. The van der Waals surface area contributed by atoms with E-state index in [0.717, 1.165) is 55.9 Å². The van der Waals surface area contributed by atoms with Crippen molar-refractivity contribution in [1.29, 1.82) is 0 Å². The lowest BCUT2D eigenvalue weighted by Crippen LogP contribution is -2.36. The van der Waals surface area contributed by atoms with Crippen molar-refractivity contribution in [3.8, 4) is 5.75 Å². The molecule has 1 aliphatic heterocycles. The van der Waals surface area contributed by atoms with Crippen LogP contribution in [0.2, 0.25) is 0 Å². The first-order valence-electron chi connectivity index (χ1n) is 9.74. The third kappa shape index (κ3) is 3.40. The van der Waals surface area contributed by atoms with Crippen LogP contribution in [0.4, 0.5) is 5.82 Å². The number of anilines is 1. The van der Waals surface area contributed by atoms with Gasteiger partial charge in [0.05, 0.1) is 12.7 Å². The summed E-state index contributed by atoms with van der Waals surface area (Å²) in [5.41, 5.74) is 3.55. The first-order valence-corrected chi connectivity index (χ1v) is 9.74. The number of ether oxygens (including phenoxy) is 1. The number of rotatable bonds is 5. The number of fused-ring (bicyclic) bond motifs is 1. The lowest BCUT2D eigenvalue weighted by Gasteiger charge is -2.35. The predicted molar refractivity (Wildman–Crippen MR) is 102 cm³/mol. The molecule has 1 N–H and O–H groups in total. The topological polar surface area (TPSA) is 58.5 Å². The summed E-state index contributed by atoms with van der Waals surface area (Å²) < 4.78 is 5.49. The second-order valence-corrected chi connectivity index (χ2v) is 7.25. The smallest absolute Gasteiger partial charge is 0.135 e. The number of aromatic nitrogens is 2. The van der Waals surface area contributed by atoms with Gasteiger partial charge in [0, 0.05) is 24.3 Å². The van der Waals surface area contributed by atoms with Crippen molar-refractivity contribution in [1.82, 2.24) is 9.97 Å². The zero-order valence-corrected chi connectivity index (χ0v) is 15.4. The summed E-state index contributed by atoms with van der Waals surface area (Å²) in [6, 6.07) is 7.86. The molecule has 1 aromatic carbocycles. The second-order valence-electron chi connectivity index (χ2n) is 7.25. The third-order valence-corrected chi connectivity index (χ3v) is 5.67. The van der Waals surface area contributed by atoms with Crippen LogP contribution in [0.1, 0.15) is 49.1 Å². The molecule has 0 spiro atoms. The van der Waals surface area contributed by atoms with Crippen LogP contribution in [0, 0.1) is 5.92 Å². The molecule has 2 aromatic rings. The van der Waals surface area contributed by atoms with Crippen molar-refractivity contribution in [2.75, 3.05) is 24.6 Å². The van der Waals surface area contributed by atoms with Gasteiger partial charge in [0.15, 0.2) is 0 Å². The van der Waals surface area contributed by atoms with Gasteiger partial charge in [-0.2, -0.15) is 0 Å². The summed E-state index contributed by atoms with van der Waals surface area (Å²) in [5.74, 6) is 2.27. The Labute approximate surface area is 155 Å². The van der Waals surface area contributed by atoms with Crippen molar-refractivity contribution in [3.05, 3.63) is 47.4 Å². The van der Waals surface area contributed by atoms with E-state index in [-0.39, 0.29) is 0 Å². The highest BCUT2D eigenvalue weighted by molar-refractivity contribution is 5.50. The molecule has 2 aliphatic rings. The molecule has 0 saturated carbocycles. The van der Waals surface area contributed by atoms with E-state index in [9.17, 15) is 5.11 Å². The van der Waals surface area contributed by atoms with Crippen LogP contribution in [0.3, 0.4) is 0 Å². The molecule has 1 saturated heterocycles. The molecule has 1 aliphatic carbocycles. The van der Waals surface area contributed by atoms with Crippen molar-refractivity contribution >= 4 is 5.82 Å². The molecule has 26 heavy (non-hydrogen) atoms. The molecule has 2 heterocycles. The zero-order chi connectivity index (χ0) is 17.9. The lowest BCUT2D eigenvalue weighted by atomic mass is 9.87. The fourth-order valence-corrected chi connectivity index (χ4v) is 4.24. The molecule has 1 aromatic heterocycles. The summed E-state index contributed by atoms with van der Waals surface area (Å²) in [5, 5.41) is 10.8. The minimum absolute atomic E-state index is 0.291. The van der Waals surface area contributed by atoms with Crippen LogP contribution >= 0.6 is 0 Å². The fraction of sp³-hybridized carbons (Fsp3) is 0.524. The van der Waals surface area contributed by atoms with Gasteiger partial charge in [0.25, 0.3) is 0 Å². The number of nitrogens with zero attached hydrogens (tertiary/aromatic N) is 3. The molecule has 0 bridgehead atoms. The summed E-state index contributed by atoms with van der Waals surface area (Å²) >= 11 is 0. The van der Waals surface area contributed by atoms with Crippen molar-refractivity contribution in [2.24, 2.45) is 5.92 Å². The molecule has 138 valence electrons. The monoisotopic (exact) mass is 353 g/mol. The Bertz CT molecular complexity index is 739. The molecule has 1 fully saturated rings. The van der Waals surface area contributed by atoms with Crippen molar-refractivity contribution in [2.45, 2.75) is 45.1 Å². The van der Waals surface area contributed by atoms with Gasteiger partial charge in [0.1, 0.15) is 17.9 Å². The molecule has 1 unspecified atom stereocenters. The van der Waals surface area contributed by atoms with Gasteiger partial charge in [-0.1, -0.05) is 12.1 Å². The minimum Gasteiger partial charge on any atom is -0.494 e. The van der Waals surface area contributed by atoms with E-state index in [0.29, 0.717) is 12.5 Å².